The van der Waals surface area contributed by atoms with Gasteiger partial charge in [0.2, 0.25) is 5.91 Å². The van der Waals surface area contributed by atoms with Gasteiger partial charge in [-0.2, -0.15) is 0 Å². The maximum atomic E-state index is 12.7. The van der Waals surface area contributed by atoms with Crippen molar-refractivity contribution >= 4 is 29.2 Å². The van der Waals surface area contributed by atoms with Crippen LogP contribution in [0, 0.1) is 0 Å². The molecule has 6 nitrogen and oxygen atoms in total. The third-order valence-corrected chi connectivity index (χ3v) is 4.45. The lowest BCUT2D eigenvalue weighted by Gasteiger charge is -2.27. The highest BCUT2D eigenvalue weighted by atomic mass is 16.5. The van der Waals surface area contributed by atoms with Crippen LogP contribution in [0.2, 0.25) is 0 Å². The smallest absolute Gasteiger partial charge is 0.306 e. The lowest BCUT2D eigenvalue weighted by atomic mass is 10.1. The quantitative estimate of drug-likeness (QED) is 0.826. The highest BCUT2D eigenvalue weighted by Gasteiger charge is 2.29. The first-order chi connectivity index (χ1) is 13.0. The summed E-state index contributed by atoms with van der Waals surface area (Å²) in [5, 5.41) is 2.80. The summed E-state index contributed by atoms with van der Waals surface area (Å²) in [7, 11) is 0. The fourth-order valence-electron chi connectivity index (χ4n) is 3.14. The number of rotatable bonds is 5. The van der Waals surface area contributed by atoms with Crippen LogP contribution in [0.5, 0.6) is 0 Å². The van der Waals surface area contributed by atoms with E-state index in [9.17, 15) is 14.4 Å². The van der Waals surface area contributed by atoms with Gasteiger partial charge < -0.3 is 15.0 Å². The number of para-hydroxylation sites is 2. The van der Waals surface area contributed by atoms with Crippen LogP contribution in [0.3, 0.4) is 0 Å². The van der Waals surface area contributed by atoms with Crippen LogP contribution >= 0.6 is 0 Å². The summed E-state index contributed by atoms with van der Waals surface area (Å²) in [5.74, 6) is -0.915. The van der Waals surface area contributed by atoms with Crippen molar-refractivity contribution < 1.29 is 19.1 Å². The number of aryl methyl sites for hydroxylation is 1. The van der Waals surface area contributed by atoms with Crippen LogP contribution in [0.4, 0.5) is 11.4 Å². The number of amides is 2. The van der Waals surface area contributed by atoms with Gasteiger partial charge in [-0.05, 0) is 31.0 Å². The number of carbonyl (C=O) groups excluding carboxylic acids is 3. The molecule has 0 saturated heterocycles. The van der Waals surface area contributed by atoms with Gasteiger partial charge in [0.25, 0.3) is 5.91 Å². The summed E-state index contributed by atoms with van der Waals surface area (Å²) >= 11 is 0. The van der Waals surface area contributed by atoms with Crippen molar-refractivity contribution in [3.05, 3.63) is 60.2 Å². The topological polar surface area (TPSA) is 75.7 Å². The Kier molecular flexibility index (Phi) is 5.86. The Balaban J connectivity index is 1.61. The number of anilines is 2. The number of fused-ring (bicyclic) bond motifs is 1. The molecule has 27 heavy (non-hydrogen) atoms. The van der Waals surface area contributed by atoms with Crippen molar-refractivity contribution in [2.75, 3.05) is 16.8 Å². The van der Waals surface area contributed by atoms with Gasteiger partial charge >= 0.3 is 5.97 Å². The minimum Gasteiger partial charge on any atom is -0.456 e. The third-order valence-electron chi connectivity index (χ3n) is 4.45. The first-order valence-corrected chi connectivity index (χ1v) is 8.95. The van der Waals surface area contributed by atoms with Crippen LogP contribution in [0.1, 0.15) is 25.3 Å². The van der Waals surface area contributed by atoms with E-state index in [1.165, 1.54) is 4.90 Å². The number of nitrogens with zero attached hydrogens (tertiary/aromatic N) is 1. The number of hydrogen-bond donors (Lipinski definition) is 1. The molecule has 140 valence electrons. The van der Waals surface area contributed by atoms with E-state index in [1.54, 1.807) is 31.2 Å². The monoisotopic (exact) mass is 366 g/mol. The lowest BCUT2D eigenvalue weighted by molar-refractivity contribution is -0.148. The van der Waals surface area contributed by atoms with Crippen molar-refractivity contribution in [3.63, 3.8) is 0 Å². The SMILES string of the molecule is C[C@H]1CC(=O)Nc2ccccc2N1C(=O)COC(=O)CCc1ccccc1. The molecule has 1 heterocycles. The molecule has 6 heteroatoms. The standard InChI is InChI=1S/C21H22N2O4/c1-15-13-19(24)22-17-9-5-6-10-18(17)23(15)20(25)14-27-21(26)12-11-16-7-3-2-4-8-16/h2-10,15H,11-14H2,1H3,(H,22,24)/t15-/m0/s1. The molecule has 0 saturated carbocycles. The van der Waals surface area contributed by atoms with Crippen molar-refractivity contribution in [3.8, 4) is 0 Å². The van der Waals surface area contributed by atoms with Gasteiger partial charge in [0.05, 0.1) is 11.4 Å². The highest BCUT2D eigenvalue weighted by Crippen LogP contribution is 2.31. The molecular weight excluding hydrogens is 344 g/mol. The third kappa shape index (κ3) is 4.73. The molecule has 0 aliphatic carbocycles. The Morgan fingerprint density at radius 2 is 1.81 bits per heavy atom. The summed E-state index contributed by atoms with van der Waals surface area (Å²) in [6.45, 7) is 1.46. The molecular formula is C21H22N2O4. The summed E-state index contributed by atoms with van der Waals surface area (Å²) < 4.78 is 5.17. The molecule has 0 unspecified atom stereocenters. The van der Waals surface area contributed by atoms with Gasteiger partial charge in [-0.25, -0.2) is 0 Å². The van der Waals surface area contributed by atoms with Crippen molar-refractivity contribution in [2.45, 2.75) is 32.2 Å². The molecule has 1 aliphatic heterocycles. The Labute approximate surface area is 158 Å². The fraction of sp³-hybridized carbons (Fsp3) is 0.286. The van der Waals surface area contributed by atoms with Gasteiger partial charge in [0.1, 0.15) is 0 Å². The van der Waals surface area contributed by atoms with Gasteiger partial charge in [-0.15, -0.1) is 0 Å². The molecule has 0 fully saturated rings. The lowest BCUT2D eigenvalue weighted by Crippen LogP contribution is -2.41. The van der Waals surface area contributed by atoms with E-state index in [2.05, 4.69) is 5.32 Å². The predicted octanol–water partition coefficient (Wildman–Crippen LogP) is 2.93. The van der Waals surface area contributed by atoms with Gasteiger partial charge in [0, 0.05) is 18.9 Å². The van der Waals surface area contributed by atoms with Crippen LogP contribution < -0.4 is 10.2 Å². The van der Waals surface area contributed by atoms with Gasteiger partial charge in [-0.1, -0.05) is 42.5 Å². The summed E-state index contributed by atoms with van der Waals surface area (Å²) in [6, 6.07) is 16.4. The zero-order valence-corrected chi connectivity index (χ0v) is 15.2. The second-order valence-corrected chi connectivity index (χ2v) is 6.53. The minimum absolute atomic E-state index is 0.148. The Hall–Kier alpha value is -3.15. The molecule has 1 N–H and O–H groups in total. The zero-order valence-electron chi connectivity index (χ0n) is 15.2. The first-order valence-electron chi connectivity index (χ1n) is 8.95. The second kappa shape index (κ2) is 8.49. The molecule has 0 spiro atoms. The van der Waals surface area contributed by atoms with Gasteiger partial charge in [0.15, 0.2) is 6.61 Å². The van der Waals surface area contributed by atoms with E-state index >= 15 is 0 Å². The Morgan fingerprint density at radius 3 is 2.59 bits per heavy atom. The number of carbonyl (C=O) groups is 3. The maximum absolute atomic E-state index is 12.7. The fourth-order valence-corrected chi connectivity index (χ4v) is 3.14. The molecule has 1 atom stereocenters. The predicted molar refractivity (Wildman–Crippen MR) is 102 cm³/mol. The van der Waals surface area contributed by atoms with E-state index in [-0.39, 0.29) is 37.3 Å². The van der Waals surface area contributed by atoms with E-state index in [0.29, 0.717) is 17.8 Å². The number of hydrogen-bond acceptors (Lipinski definition) is 4. The summed E-state index contributed by atoms with van der Waals surface area (Å²) in [6.07, 6.45) is 0.959. The van der Waals surface area contributed by atoms with E-state index in [4.69, 9.17) is 4.74 Å². The average molecular weight is 366 g/mol. The normalized spacial score (nSPS) is 16.1. The summed E-state index contributed by atoms with van der Waals surface area (Å²) in [4.78, 5) is 38.2. The average Bonchev–Trinajstić information content (AvgIpc) is 2.79. The molecule has 0 bridgehead atoms. The number of ether oxygens (including phenoxy) is 1. The Morgan fingerprint density at radius 1 is 1.11 bits per heavy atom. The van der Waals surface area contributed by atoms with E-state index < -0.39 is 5.97 Å². The number of nitrogens with one attached hydrogen (secondary N) is 1. The number of benzene rings is 2. The first kappa shape index (κ1) is 18.6. The molecule has 2 amide bonds. The molecule has 0 aromatic heterocycles. The molecule has 2 aromatic rings. The maximum Gasteiger partial charge on any atom is 0.306 e. The number of esters is 1. The molecule has 3 rings (SSSR count). The van der Waals surface area contributed by atoms with E-state index in [0.717, 1.165) is 5.56 Å². The van der Waals surface area contributed by atoms with E-state index in [1.807, 2.05) is 30.3 Å². The molecule has 0 radical (unpaired) electrons. The van der Waals surface area contributed by atoms with Crippen molar-refractivity contribution in [1.82, 2.24) is 0 Å². The van der Waals surface area contributed by atoms with Gasteiger partial charge in [-0.3, -0.25) is 14.4 Å². The molecule has 2 aromatic carbocycles. The second-order valence-electron chi connectivity index (χ2n) is 6.53. The largest absolute Gasteiger partial charge is 0.456 e. The van der Waals surface area contributed by atoms with Crippen molar-refractivity contribution in [1.29, 1.82) is 0 Å². The summed E-state index contributed by atoms with van der Waals surface area (Å²) in [5.41, 5.74) is 2.23. The molecule has 1 aliphatic rings. The van der Waals surface area contributed by atoms with Crippen LogP contribution in [-0.4, -0.2) is 30.4 Å². The van der Waals surface area contributed by atoms with Crippen LogP contribution in [0.15, 0.2) is 54.6 Å². The van der Waals surface area contributed by atoms with Crippen LogP contribution in [-0.2, 0) is 25.5 Å². The zero-order chi connectivity index (χ0) is 19.2. The minimum atomic E-state index is -0.419. The van der Waals surface area contributed by atoms with Crippen LogP contribution in [0.25, 0.3) is 0 Å². The highest BCUT2D eigenvalue weighted by molar-refractivity contribution is 6.05. The van der Waals surface area contributed by atoms with Crippen molar-refractivity contribution in [2.24, 2.45) is 0 Å². The Bertz CT molecular complexity index is 835.